The van der Waals surface area contributed by atoms with Crippen LogP contribution in [0, 0.1) is 0 Å². The third kappa shape index (κ3) is 4.08. The van der Waals surface area contributed by atoms with Gasteiger partial charge in [-0.3, -0.25) is 9.79 Å². The highest BCUT2D eigenvalue weighted by molar-refractivity contribution is 6.23. The van der Waals surface area contributed by atoms with E-state index in [1.807, 2.05) is 38.7 Å². The van der Waals surface area contributed by atoms with E-state index in [-0.39, 0.29) is 17.2 Å². The van der Waals surface area contributed by atoms with Gasteiger partial charge in [-0.25, -0.2) is 9.97 Å². The molecule has 1 fully saturated rings. The Balaban J connectivity index is 1.80. The molecule has 0 radical (unpaired) electrons. The fourth-order valence-corrected chi connectivity index (χ4v) is 3.67. The van der Waals surface area contributed by atoms with Crippen LogP contribution in [-0.2, 0) is 4.79 Å². The number of amides is 1. The van der Waals surface area contributed by atoms with E-state index in [2.05, 4.69) is 25.6 Å². The highest BCUT2D eigenvalue weighted by atomic mass is 35.5. The highest BCUT2D eigenvalue weighted by Gasteiger charge is 2.34. The predicted molar refractivity (Wildman–Crippen MR) is 108 cm³/mol. The number of nitrogens with one attached hydrogen (secondary N) is 2. The van der Waals surface area contributed by atoms with Crippen LogP contribution in [0.15, 0.2) is 28.9 Å². The summed E-state index contributed by atoms with van der Waals surface area (Å²) in [7, 11) is 0. The molecule has 1 saturated heterocycles. The topological polar surface area (TPSA) is 82.5 Å². The van der Waals surface area contributed by atoms with Crippen LogP contribution in [0.1, 0.15) is 39.4 Å². The number of anilines is 1. The van der Waals surface area contributed by atoms with Gasteiger partial charge in [0, 0.05) is 31.4 Å². The van der Waals surface area contributed by atoms with Crippen molar-refractivity contribution in [2.75, 3.05) is 31.5 Å². The Morgan fingerprint density at radius 1 is 1.41 bits per heavy atom. The number of fused-ring (bicyclic) bond motifs is 1. The maximum Gasteiger partial charge on any atom is 0.247 e. The van der Waals surface area contributed by atoms with Crippen molar-refractivity contribution in [1.82, 2.24) is 20.2 Å². The van der Waals surface area contributed by atoms with Gasteiger partial charge in [0.05, 0.1) is 17.8 Å². The first-order valence-electron chi connectivity index (χ1n) is 9.40. The van der Waals surface area contributed by atoms with E-state index in [0.717, 1.165) is 11.4 Å². The first kappa shape index (κ1) is 19.6. The van der Waals surface area contributed by atoms with Crippen LogP contribution in [0.2, 0.25) is 0 Å². The molecule has 2 aliphatic heterocycles. The number of carbonyl (C=O) groups is 1. The van der Waals surface area contributed by atoms with Crippen molar-refractivity contribution >= 4 is 29.2 Å². The molecule has 3 heterocycles. The van der Waals surface area contributed by atoms with Gasteiger partial charge in [0.15, 0.2) is 0 Å². The van der Waals surface area contributed by atoms with Crippen LogP contribution in [0.4, 0.5) is 5.82 Å². The molecule has 3 rings (SSSR count). The molecule has 1 amide bonds. The lowest BCUT2D eigenvalue weighted by molar-refractivity contribution is -0.134. The van der Waals surface area contributed by atoms with Gasteiger partial charge in [-0.05, 0) is 33.8 Å². The zero-order valence-corrected chi connectivity index (χ0v) is 17.0. The zero-order chi connectivity index (χ0) is 19.6. The summed E-state index contributed by atoms with van der Waals surface area (Å²) in [6.07, 6.45) is 3.76. The average Bonchev–Trinajstić information content (AvgIpc) is 3.05. The number of nitrogens with zero attached hydrogens (tertiary/aromatic N) is 4. The minimum absolute atomic E-state index is 0.00801. The van der Waals surface area contributed by atoms with Crippen LogP contribution >= 0.6 is 11.6 Å². The summed E-state index contributed by atoms with van der Waals surface area (Å²) in [6, 6.07) is 1.79. The molecular formula is C19H27ClN6O. The number of halogens is 1. The van der Waals surface area contributed by atoms with E-state index >= 15 is 0 Å². The second-order valence-electron chi connectivity index (χ2n) is 7.29. The summed E-state index contributed by atoms with van der Waals surface area (Å²) < 4.78 is 0. The number of rotatable bonds is 6. The number of amidine groups is 1. The lowest BCUT2D eigenvalue weighted by atomic mass is 9.98. The molecule has 0 spiro atoms. The molecule has 0 saturated carbocycles. The Morgan fingerprint density at radius 3 is 2.85 bits per heavy atom. The highest BCUT2D eigenvalue weighted by Crippen LogP contribution is 2.30. The van der Waals surface area contributed by atoms with E-state index in [4.69, 9.17) is 11.6 Å². The van der Waals surface area contributed by atoms with Crippen molar-refractivity contribution in [3.8, 4) is 0 Å². The van der Waals surface area contributed by atoms with Gasteiger partial charge in [-0.1, -0.05) is 6.08 Å². The van der Waals surface area contributed by atoms with Crippen LogP contribution < -0.4 is 10.6 Å². The number of dihydropyridines is 1. The maximum atomic E-state index is 12.8. The first-order chi connectivity index (χ1) is 12.9. The molecule has 0 aliphatic carbocycles. The standard InChI is InChI=1S/C19H27ClN6O/c1-5-26(6-2)18(27)19(3,4)25-15-7-8-21-17(24-15)14-11-23-16-13(14)9-12(20)10-22-16/h7-9,12,14H,5-6,10-11H2,1-4H3,(H,22,23)(H,21,24,25). The normalized spacial score (nSPS) is 21.7. The minimum Gasteiger partial charge on any atom is -0.369 e. The number of likely N-dealkylation sites (N-methyl/N-ethyl adjacent to an activating group) is 1. The zero-order valence-electron chi connectivity index (χ0n) is 16.3. The van der Waals surface area contributed by atoms with Gasteiger partial charge in [0.2, 0.25) is 5.91 Å². The molecule has 2 unspecified atom stereocenters. The predicted octanol–water partition coefficient (Wildman–Crippen LogP) is 2.17. The Bertz CT molecular complexity index is 771. The van der Waals surface area contributed by atoms with E-state index in [9.17, 15) is 4.79 Å². The fraction of sp³-hybridized carbons (Fsp3) is 0.579. The van der Waals surface area contributed by atoms with Crippen LogP contribution in [0.25, 0.3) is 0 Å². The molecular weight excluding hydrogens is 364 g/mol. The van der Waals surface area contributed by atoms with Crippen molar-refractivity contribution in [1.29, 1.82) is 0 Å². The smallest absolute Gasteiger partial charge is 0.247 e. The second kappa shape index (κ2) is 7.84. The van der Waals surface area contributed by atoms with Crippen molar-refractivity contribution in [3.05, 3.63) is 29.7 Å². The molecule has 1 aromatic rings. The number of hydrogen-bond acceptors (Lipinski definition) is 6. The summed E-state index contributed by atoms with van der Waals surface area (Å²) in [6.45, 7) is 10.4. The Labute approximate surface area is 165 Å². The molecule has 8 heteroatoms. The number of carbonyl (C=O) groups excluding carboxylic acids is 1. The largest absolute Gasteiger partial charge is 0.369 e. The van der Waals surface area contributed by atoms with Crippen molar-refractivity contribution in [2.45, 2.75) is 44.5 Å². The third-order valence-corrected chi connectivity index (χ3v) is 5.18. The number of aromatic nitrogens is 2. The molecule has 146 valence electrons. The summed E-state index contributed by atoms with van der Waals surface area (Å²) >= 11 is 6.24. The van der Waals surface area contributed by atoms with Gasteiger partial charge in [-0.2, -0.15) is 0 Å². The lowest BCUT2D eigenvalue weighted by Crippen LogP contribution is -2.50. The SMILES string of the molecule is CCN(CC)C(=O)C(C)(C)Nc1ccnc(C2CNC3=NCC(Cl)C=C32)n1. The summed E-state index contributed by atoms with van der Waals surface area (Å²) in [4.78, 5) is 28.2. The molecule has 2 N–H and O–H groups in total. The van der Waals surface area contributed by atoms with Gasteiger partial charge in [0.1, 0.15) is 23.0 Å². The van der Waals surface area contributed by atoms with Crippen molar-refractivity contribution in [3.63, 3.8) is 0 Å². The Kier molecular flexibility index (Phi) is 5.69. The van der Waals surface area contributed by atoms with Gasteiger partial charge in [0.25, 0.3) is 0 Å². The number of alkyl halides is 1. The van der Waals surface area contributed by atoms with Crippen molar-refractivity contribution in [2.24, 2.45) is 4.99 Å². The van der Waals surface area contributed by atoms with E-state index in [1.165, 1.54) is 0 Å². The van der Waals surface area contributed by atoms with E-state index in [1.54, 1.807) is 12.3 Å². The van der Waals surface area contributed by atoms with Crippen molar-refractivity contribution < 1.29 is 4.79 Å². The van der Waals surface area contributed by atoms with Gasteiger partial charge < -0.3 is 15.5 Å². The fourth-order valence-electron chi connectivity index (χ4n) is 3.47. The van der Waals surface area contributed by atoms with Crippen LogP contribution in [0.5, 0.6) is 0 Å². The molecule has 1 aromatic heterocycles. The summed E-state index contributed by atoms with van der Waals surface area (Å²) in [5, 5.41) is 6.48. The summed E-state index contributed by atoms with van der Waals surface area (Å²) in [5.41, 5.74) is 0.292. The average molecular weight is 391 g/mol. The molecule has 0 aromatic carbocycles. The Hall–Kier alpha value is -2.15. The van der Waals surface area contributed by atoms with E-state index < -0.39 is 5.54 Å². The molecule has 2 atom stereocenters. The lowest BCUT2D eigenvalue weighted by Gasteiger charge is -2.31. The second-order valence-corrected chi connectivity index (χ2v) is 7.85. The quantitative estimate of drug-likeness (QED) is 0.727. The molecule has 27 heavy (non-hydrogen) atoms. The molecule has 7 nitrogen and oxygen atoms in total. The maximum absolute atomic E-state index is 12.8. The van der Waals surface area contributed by atoms with Gasteiger partial charge >= 0.3 is 0 Å². The Morgan fingerprint density at radius 2 is 2.15 bits per heavy atom. The minimum atomic E-state index is -0.760. The molecule has 0 bridgehead atoms. The van der Waals surface area contributed by atoms with Crippen LogP contribution in [-0.4, -0.2) is 63.7 Å². The van der Waals surface area contributed by atoms with Crippen LogP contribution in [0.3, 0.4) is 0 Å². The first-order valence-corrected chi connectivity index (χ1v) is 9.84. The number of hydrogen-bond donors (Lipinski definition) is 2. The molecule has 2 aliphatic rings. The number of aliphatic imine (C=N–C) groups is 1. The van der Waals surface area contributed by atoms with Gasteiger partial charge in [-0.15, -0.1) is 11.6 Å². The third-order valence-electron chi connectivity index (χ3n) is 4.92. The summed E-state index contributed by atoms with van der Waals surface area (Å²) in [5.74, 6) is 2.27. The monoisotopic (exact) mass is 390 g/mol. The van der Waals surface area contributed by atoms with E-state index in [0.29, 0.717) is 37.8 Å².